The summed E-state index contributed by atoms with van der Waals surface area (Å²) in [6.45, 7) is 1.16. The maximum absolute atomic E-state index is 13.2. The van der Waals surface area contributed by atoms with E-state index in [0.29, 0.717) is 11.0 Å². The van der Waals surface area contributed by atoms with Gasteiger partial charge in [-0.25, -0.2) is 0 Å². The molecule has 1 unspecified atom stereocenters. The van der Waals surface area contributed by atoms with Crippen LogP contribution in [0.5, 0.6) is 5.75 Å². The molecule has 0 saturated heterocycles. The fourth-order valence-corrected chi connectivity index (χ4v) is 3.29. The highest BCUT2D eigenvalue weighted by Crippen LogP contribution is 2.36. The lowest BCUT2D eigenvalue weighted by Crippen LogP contribution is -2.06. The van der Waals surface area contributed by atoms with Gasteiger partial charge in [0.1, 0.15) is 23.2 Å². The molecule has 0 amide bonds. The highest BCUT2D eigenvalue weighted by molar-refractivity contribution is 9.11. The number of carbonyl (C=O) groups is 1. The molecular weight excluding hydrogens is 428 g/mol. The van der Waals surface area contributed by atoms with Gasteiger partial charge in [-0.3, -0.25) is 4.79 Å². The van der Waals surface area contributed by atoms with Gasteiger partial charge in [0.15, 0.2) is 5.78 Å². The summed E-state index contributed by atoms with van der Waals surface area (Å²) < 4.78 is 29.6. The molecule has 2 N–H and O–H groups in total. The van der Waals surface area contributed by atoms with Crippen LogP contribution in [0, 0.1) is 0 Å². The number of halogens is 2. The SMILES string of the molecule is [2H]c1c(Br)c(O)c(Br)c([2H])c1C(=O)c1c(C([2H])(C)O)oc2ccccc12. The van der Waals surface area contributed by atoms with Gasteiger partial charge in [0.25, 0.3) is 0 Å². The van der Waals surface area contributed by atoms with Gasteiger partial charge >= 0.3 is 0 Å². The van der Waals surface area contributed by atoms with Crippen molar-refractivity contribution in [3.8, 4) is 5.75 Å². The predicted molar refractivity (Wildman–Crippen MR) is 93.8 cm³/mol. The van der Waals surface area contributed by atoms with Crippen LogP contribution >= 0.6 is 31.9 Å². The molecule has 1 aromatic heterocycles. The molecule has 0 aliphatic rings. The van der Waals surface area contributed by atoms with Crippen LogP contribution in [0.4, 0.5) is 0 Å². The number of phenolic OH excluding ortho intramolecular Hbond substituents is 1. The topological polar surface area (TPSA) is 70.7 Å². The Morgan fingerprint density at radius 2 is 1.91 bits per heavy atom. The van der Waals surface area contributed by atoms with E-state index in [-0.39, 0.29) is 43.7 Å². The van der Waals surface area contributed by atoms with E-state index in [2.05, 4.69) is 31.9 Å². The summed E-state index contributed by atoms with van der Waals surface area (Å²) in [5, 5.41) is 20.4. The van der Waals surface area contributed by atoms with E-state index in [9.17, 15) is 15.0 Å². The summed E-state index contributed by atoms with van der Waals surface area (Å²) in [6, 6.07) is 5.79. The number of aliphatic hydroxyl groups is 1. The first-order chi connectivity index (χ1) is 12.1. The molecular formula is C17H12Br2O4. The van der Waals surface area contributed by atoms with Crippen molar-refractivity contribution < 1.29 is 23.5 Å². The zero-order chi connectivity index (χ0) is 19.4. The first kappa shape index (κ1) is 12.8. The largest absolute Gasteiger partial charge is 0.506 e. The molecule has 0 spiro atoms. The van der Waals surface area contributed by atoms with Crippen LogP contribution in [-0.2, 0) is 0 Å². The highest BCUT2D eigenvalue weighted by Gasteiger charge is 2.25. The molecule has 0 aliphatic heterocycles. The number of carbonyl (C=O) groups excluding carboxylic acids is 1. The minimum absolute atomic E-state index is 0.0456. The lowest BCUT2D eigenvalue weighted by Gasteiger charge is -2.07. The smallest absolute Gasteiger partial charge is 0.197 e. The van der Waals surface area contributed by atoms with Crippen LogP contribution in [0.25, 0.3) is 11.0 Å². The van der Waals surface area contributed by atoms with Crippen LogP contribution in [-0.4, -0.2) is 16.0 Å². The van der Waals surface area contributed by atoms with E-state index in [1.807, 2.05) is 0 Å². The molecule has 0 radical (unpaired) electrons. The Balaban J connectivity index is 2.38. The monoisotopic (exact) mass is 441 g/mol. The van der Waals surface area contributed by atoms with Crippen molar-refractivity contribution in [2.24, 2.45) is 0 Å². The van der Waals surface area contributed by atoms with Gasteiger partial charge in [-0.15, -0.1) is 0 Å². The number of hydrogen-bond acceptors (Lipinski definition) is 4. The fraction of sp³-hybridized carbons (Fsp3) is 0.118. The molecule has 118 valence electrons. The van der Waals surface area contributed by atoms with Crippen molar-refractivity contribution in [3.05, 3.63) is 62.2 Å². The molecule has 1 heterocycles. The molecule has 1 atom stereocenters. The van der Waals surface area contributed by atoms with E-state index in [0.717, 1.165) is 6.92 Å². The lowest BCUT2D eigenvalue weighted by atomic mass is 9.98. The Kier molecular flexibility index (Phi) is 3.39. The average molecular weight is 443 g/mol. The van der Waals surface area contributed by atoms with Crippen LogP contribution in [0.1, 0.15) is 38.8 Å². The number of benzene rings is 2. The molecule has 4 nitrogen and oxygen atoms in total. The summed E-state index contributed by atoms with van der Waals surface area (Å²) in [5.41, 5.74) is -0.0842. The molecule has 0 aliphatic carbocycles. The normalized spacial score (nSPS) is 15.7. The standard InChI is InChI=1S/C17H12Br2O4/c1-8(20)17-14(10-4-2-3-5-13(10)23-17)15(21)9-6-11(18)16(22)12(19)7-9/h2-8,20,22H,1H3/i6D,7D,8D. The Bertz CT molecular complexity index is 1030. The second-order valence-electron chi connectivity index (χ2n) is 4.82. The first-order valence-corrected chi connectivity index (χ1v) is 8.10. The van der Waals surface area contributed by atoms with Crippen LogP contribution < -0.4 is 0 Å². The number of para-hydroxylation sites is 1. The van der Waals surface area contributed by atoms with Crippen LogP contribution in [0.3, 0.4) is 0 Å². The van der Waals surface area contributed by atoms with Gasteiger partial charge in [0.2, 0.25) is 0 Å². The second-order valence-corrected chi connectivity index (χ2v) is 6.40. The molecule has 0 fully saturated rings. The Morgan fingerprint density at radius 3 is 2.52 bits per heavy atom. The van der Waals surface area contributed by atoms with Crippen molar-refractivity contribution in [2.45, 2.75) is 13.0 Å². The third kappa shape index (κ3) is 2.82. The van der Waals surface area contributed by atoms with E-state index >= 15 is 0 Å². The maximum Gasteiger partial charge on any atom is 0.197 e. The minimum atomic E-state index is -2.19. The third-order valence-electron chi connectivity index (χ3n) is 3.26. The van der Waals surface area contributed by atoms with Gasteiger partial charge in [-0.05, 0) is 56.9 Å². The number of hydrogen-bond donors (Lipinski definition) is 2. The number of aromatic hydroxyl groups is 1. The molecule has 0 saturated carbocycles. The average Bonchev–Trinajstić information content (AvgIpc) is 2.98. The summed E-state index contributed by atoms with van der Waals surface area (Å²) >= 11 is 6.08. The number of fused-ring (bicyclic) bond motifs is 1. The molecule has 23 heavy (non-hydrogen) atoms. The van der Waals surface area contributed by atoms with E-state index in [1.54, 1.807) is 24.3 Å². The zero-order valence-corrected chi connectivity index (χ0v) is 14.9. The van der Waals surface area contributed by atoms with Gasteiger partial charge < -0.3 is 14.6 Å². The fourth-order valence-electron chi connectivity index (χ4n) is 2.23. The van der Waals surface area contributed by atoms with Crippen molar-refractivity contribution >= 4 is 48.6 Å². The second kappa shape index (κ2) is 6.11. The molecule has 2 aromatic carbocycles. The summed E-state index contributed by atoms with van der Waals surface area (Å²) in [5.74, 6) is -1.39. The van der Waals surface area contributed by atoms with Crippen molar-refractivity contribution in [2.75, 3.05) is 0 Å². The Morgan fingerprint density at radius 1 is 1.30 bits per heavy atom. The zero-order valence-electron chi connectivity index (χ0n) is 14.8. The van der Waals surface area contributed by atoms with Gasteiger partial charge in [-0.1, -0.05) is 18.2 Å². The quantitative estimate of drug-likeness (QED) is 0.563. The number of phenols is 1. The number of rotatable bonds is 3. The van der Waals surface area contributed by atoms with E-state index < -0.39 is 11.9 Å². The Labute approximate surface area is 153 Å². The summed E-state index contributed by atoms with van der Waals surface area (Å²) in [4.78, 5) is 13.2. The van der Waals surface area contributed by atoms with Crippen molar-refractivity contribution in [1.82, 2.24) is 0 Å². The van der Waals surface area contributed by atoms with Crippen LogP contribution in [0.2, 0.25) is 0 Å². The van der Waals surface area contributed by atoms with E-state index in [4.69, 9.17) is 8.53 Å². The third-order valence-corrected chi connectivity index (χ3v) is 4.41. The molecule has 6 heteroatoms. The van der Waals surface area contributed by atoms with Crippen molar-refractivity contribution in [3.63, 3.8) is 0 Å². The molecule has 3 rings (SSSR count). The number of furan rings is 1. The molecule has 3 aromatic rings. The lowest BCUT2D eigenvalue weighted by molar-refractivity contribution is 0.102. The summed E-state index contributed by atoms with van der Waals surface area (Å²) in [7, 11) is 0. The number of ketones is 1. The summed E-state index contributed by atoms with van der Waals surface area (Å²) in [6.07, 6.45) is -2.19. The minimum Gasteiger partial charge on any atom is -0.506 e. The van der Waals surface area contributed by atoms with Gasteiger partial charge in [0, 0.05) is 10.9 Å². The van der Waals surface area contributed by atoms with Gasteiger partial charge in [-0.2, -0.15) is 0 Å². The highest BCUT2D eigenvalue weighted by atomic mass is 79.9. The Hall–Kier alpha value is -1.63. The van der Waals surface area contributed by atoms with E-state index in [1.165, 1.54) is 0 Å². The first-order valence-electron chi connectivity index (χ1n) is 8.01. The molecule has 0 bridgehead atoms. The van der Waals surface area contributed by atoms with Crippen LogP contribution in [0.15, 0.2) is 49.7 Å². The van der Waals surface area contributed by atoms with Crippen molar-refractivity contribution in [1.29, 1.82) is 0 Å². The predicted octanol–water partition coefficient (Wildman–Crippen LogP) is 4.95. The van der Waals surface area contributed by atoms with Gasteiger partial charge in [0.05, 0.1) is 18.6 Å². The maximum atomic E-state index is 13.2.